The van der Waals surface area contributed by atoms with Crippen molar-refractivity contribution >= 4 is 21.8 Å². The number of pyridine rings is 2. The van der Waals surface area contributed by atoms with Gasteiger partial charge in [0.15, 0.2) is 0 Å². The summed E-state index contributed by atoms with van der Waals surface area (Å²) in [6.07, 6.45) is 0. The molecule has 0 bridgehead atoms. The smallest absolute Gasteiger partial charge is 0.120 e. The molecule has 0 aliphatic carbocycles. The number of fused-ring (bicyclic) bond motifs is 2. The van der Waals surface area contributed by atoms with Crippen LogP contribution in [0.3, 0.4) is 0 Å². The van der Waals surface area contributed by atoms with Gasteiger partial charge in [0.1, 0.15) is 11.5 Å². The lowest BCUT2D eigenvalue weighted by Crippen LogP contribution is -2.34. The summed E-state index contributed by atoms with van der Waals surface area (Å²) >= 11 is 0. The van der Waals surface area contributed by atoms with Crippen LogP contribution >= 0.6 is 0 Å². The third-order valence-electron chi connectivity index (χ3n) is 7.59. The lowest BCUT2D eigenvalue weighted by atomic mass is 10.1. The number of hydrogen-bond donors (Lipinski definition) is 2. The van der Waals surface area contributed by atoms with Crippen LogP contribution in [0.4, 0.5) is 0 Å². The van der Waals surface area contributed by atoms with Gasteiger partial charge < -0.3 is 10.2 Å². The van der Waals surface area contributed by atoms with Crippen molar-refractivity contribution in [1.82, 2.24) is 19.8 Å². The number of para-hydroxylation sites is 4. The van der Waals surface area contributed by atoms with Crippen LogP contribution in [0.25, 0.3) is 21.8 Å². The quantitative estimate of drug-likeness (QED) is 0.182. The number of phenols is 2. The topological polar surface area (TPSA) is 72.7 Å². The highest BCUT2D eigenvalue weighted by molar-refractivity contribution is 5.79. The molecule has 0 saturated heterocycles. The molecule has 0 atom stereocenters. The summed E-state index contributed by atoms with van der Waals surface area (Å²) in [5.74, 6) is 0.584. The highest BCUT2D eigenvalue weighted by Crippen LogP contribution is 2.22. The second kappa shape index (κ2) is 12.8. The summed E-state index contributed by atoms with van der Waals surface area (Å²) in [5, 5.41) is 23.4. The van der Waals surface area contributed by atoms with E-state index in [4.69, 9.17) is 9.97 Å². The average molecular weight is 555 g/mol. The summed E-state index contributed by atoms with van der Waals surface area (Å²) in [5.41, 5.74) is 5.66. The molecule has 6 nitrogen and oxygen atoms in total. The van der Waals surface area contributed by atoms with Crippen LogP contribution in [0.2, 0.25) is 0 Å². The van der Waals surface area contributed by atoms with Crippen LogP contribution in [0.5, 0.6) is 11.5 Å². The summed E-state index contributed by atoms with van der Waals surface area (Å²) < 4.78 is 0. The first kappa shape index (κ1) is 27.4. The molecule has 0 spiro atoms. The largest absolute Gasteiger partial charge is 0.508 e. The van der Waals surface area contributed by atoms with Gasteiger partial charge in [-0.15, -0.1) is 0 Å². The zero-order valence-corrected chi connectivity index (χ0v) is 23.5. The second-order valence-corrected chi connectivity index (χ2v) is 10.7. The average Bonchev–Trinajstić information content (AvgIpc) is 3.02. The van der Waals surface area contributed by atoms with Crippen LogP contribution < -0.4 is 0 Å². The van der Waals surface area contributed by atoms with Crippen molar-refractivity contribution in [3.05, 3.63) is 144 Å². The van der Waals surface area contributed by atoms with Gasteiger partial charge in [0.25, 0.3) is 0 Å². The van der Waals surface area contributed by atoms with Gasteiger partial charge in [-0.05, 0) is 36.4 Å². The highest BCUT2D eigenvalue weighted by atomic mass is 16.3. The van der Waals surface area contributed by atoms with E-state index in [1.54, 1.807) is 12.1 Å². The van der Waals surface area contributed by atoms with Gasteiger partial charge in [0.2, 0.25) is 0 Å². The third kappa shape index (κ3) is 6.74. The number of hydrogen-bond acceptors (Lipinski definition) is 6. The van der Waals surface area contributed by atoms with Crippen LogP contribution in [-0.4, -0.2) is 43.1 Å². The fraction of sp³-hybridized carbons (Fsp3) is 0.167. The predicted octanol–water partition coefficient (Wildman–Crippen LogP) is 6.90. The highest BCUT2D eigenvalue weighted by Gasteiger charge is 2.16. The Hall–Kier alpha value is -4.78. The van der Waals surface area contributed by atoms with Crippen molar-refractivity contribution in [2.24, 2.45) is 0 Å². The number of phenolic OH excluding ortho intramolecular Hbond substituents is 2. The molecule has 0 fully saturated rings. The minimum atomic E-state index is 0.292. The Morgan fingerprint density at radius 1 is 0.429 bits per heavy atom. The number of aromatic nitrogens is 2. The SMILES string of the molecule is Oc1ccccc1CN(CCN(Cc1ccc2ccccc2n1)Cc1ccccc1O)Cc1ccc2ccccc2n1. The standard InChI is InChI=1S/C36H34N4O2/c41-35-15-7-3-11-29(35)23-39(25-31-19-17-27-9-1-5-13-33(27)37-31)21-22-40(24-30-12-4-8-16-36(30)42)26-32-20-18-28-10-2-6-14-34(28)38-32/h1-20,41-42H,21-26H2. The molecule has 4 aromatic carbocycles. The van der Waals surface area contributed by atoms with Crippen molar-refractivity contribution in [1.29, 1.82) is 0 Å². The van der Waals surface area contributed by atoms with E-state index >= 15 is 0 Å². The van der Waals surface area contributed by atoms with Crippen molar-refractivity contribution in [2.45, 2.75) is 26.2 Å². The molecule has 0 aliphatic rings. The normalized spacial score (nSPS) is 11.6. The van der Waals surface area contributed by atoms with Crippen molar-refractivity contribution in [2.75, 3.05) is 13.1 Å². The molecular weight excluding hydrogens is 520 g/mol. The summed E-state index contributed by atoms with van der Waals surface area (Å²) in [4.78, 5) is 14.5. The Bertz CT molecular complexity index is 1670. The third-order valence-corrected chi connectivity index (χ3v) is 7.59. The maximum Gasteiger partial charge on any atom is 0.120 e. The van der Waals surface area contributed by atoms with Gasteiger partial charge in [0.05, 0.1) is 22.4 Å². The van der Waals surface area contributed by atoms with E-state index in [2.05, 4.69) is 46.2 Å². The number of aromatic hydroxyl groups is 2. The minimum absolute atomic E-state index is 0.292. The summed E-state index contributed by atoms with van der Waals surface area (Å²) in [6.45, 7) is 3.89. The summed E-state index contributed by atoms with van der Waals surface area (Å²) in [6, 6.07) is 39.7. The van der Waals surface area contributed by atoms with E-state index < -0.39 is 0 Å². The van der Waals surface area contributed by atoms with E-state index in [1.807, 2.05) is 72.8 Å². The maximum absolute atomic E-state index is 10.6. The zero-order valence-electron chi connectivity index (χ0n) is 23.5. The molecule has 6 rings (SSSR count). The zero-order chi connectivity index (χ0) is 28.7. The Labute approximate surface area is 246 Å². The fourth-order valence-corrected chi connectivity index (χ4v) is 5.33. The van der Waals surface area contributed by atoms with Gasteiger partial charge in [0, 0.05) is 61.2 Å². The van der Waals surface area contributed by atoms with Crippen LogP contribution in [0, 0.1) is 0 Å². The van der Waals surface area contributed by atoms with E-state index in [0.717, 1.165) is 57.4 Å². The number of rotatable bonds is 11. The minimum Gasteiger partial charge on any atom is -0.508 e. The number of benzene rings is 4. The molecule has 0 saturated carbocycles. The van der Waals surface area contributed by atoms with Gasteiger partial charge in [-0.2, -0.15) is 0 Å². The van der Waals surface area contributed by atoms with E-state index in [9.17, 15) is 10.2 Å². The van der Waals surface area contributed by atoms with Gasteiger partial charge in [-0.1, -0.05) is 84.9 Å². The maximum atomic E-state index is 10.6. The fourth-order valence-electron chi connectivity index (χ4n) is 5.33. The van der Waals surface area contributed by atoms with E-state index in [0.29, 0.717) is 37.7 Å². The number of nitrogens with zero attached hydrogens (tertiary/aromatic N) is 4. The van der Waals surface area contributed by atoms with E-state index in [-0.39, 0.29) is 0 Å². The Morgan fingerprint density at radius 2 is 0.833 bits per heavy atom. The Balaban J connectivity index is 1.26. The molecule has 0 radical (unpaired) electrons. The van der Waals surface area contributed by atoms with Gasteiger partial charge >= 0.3 is 0 Å². The predicted molar refractivity (Wildman–Crippen MR) is 168 cm³/mol. The van der Waals surface area contributed by atoms with Crippen molar-refractivity contribution in [3.63, 3.8) is 0 Å². The Morgan fingerprint density at radius 3 is 1.29 bits per heavy atom. The molecule has 6 aromatic rings. The second-order valence-electron chi connectivity index (χ2n) is 10.7. The van der Waals surface area contributed by atoms with Crippen molar-refractivity contribution < 1.29 is 10.2 Å². The first-order chi connectivity index (χ1) is 20.6. The summed E-state index contributed by atoms with van der Waals surface area (Å²) in [7, 11) is 0. The van der Waals surface area contributed by atoms with Crippen LogP contribution in [0.1, 0.15) is 22.5 Å². The Kier molecular flexibility index (Phi) is 8.36. The molecular formula is C36H34N4O2. The molecule has 42 heavy (non-hydrogen) atoms. The van der Waals surface area contributed by atoms with Gasteiger partial charge in [-0.25, -0.2) is 0 Å². The molecule has 0 aliphatic heterocycles. The lowest BCUT2D eigenvalue weighted by molar-refractivity contribution is 0.178. The monoisotopic (exact) mass is 554 g/mol. The van der Waals surface area contributed by atoms with Crippen molar-refractivity contribution in [3.8, 4) is 11.5 Å². The van der Waals surface area contributed by atoms with E-state index in [1.165, 1.54) is 0 Å². The molecule has 2 N–H and O–H groups in total. The molecule has 0 amide bonds. The first-order valence-corrected chi connectivity index (χ1v) is 14.3. The molecule has 210 valence electrons. The molecule has 6 heteroatoms. The van der Waals surface area contributed by atoms with Gasteiger partial charge in [-0.3, -0.25) is 19.8 Å². The molecule has 2 aromatic heterocycles. The molecule has 0 unspecified atom stereocenters. The first-order valence-electron chi connectivity index (χ1n) is 14.3. The lowest BCUT2D eigenvalue weighted by Gasteiger charge is -2.28. The van der Waals surface area contributed by atoms with Crippen LogP contribution in [-0.2, 0) is 26.2 Å². The molecule has 2 heterocycles. The van der Waals surface area contributed by atoms with Crippen LogP contribution in [0.15, 0.2) is 121 Å².